The van der Waals surface area contributed by atoms with Crippen LogP contribution in [-0.2, 0) is 6.42 Å². The molecular formula is C10H12N6O2. The Balaban J connectivity index is 1.91. The van der Waals surface area contributed by atoms with Crippen LogP contribution in [0.4, 0.5) is 5.69 Å². The molecule has 2 aromatic rings. The highest BCUT2D eigenvalue weighted by atomic mass is 16.5. The Bertz CT molecular complexity index is 513. The second-order valence-electron chi connectivity index (χ2n) is 3.42. The Kier molecular flexibility index (Phi) is 3.82. The van der Waals surface area contributed by atoms with Gasteiger partial charge >= 0.3 is 0 Å². The molecule has 0 unspecified atom stereocenters. The van der Waals surface area contributed by atoms with Crippen LogP contribution in [0.1, 0.15) is 16.2 Å². The van der Waals surface area contributed by atoms with Gasteiger partial charge in [0.15, 0.2) is 5.82 Å². The van der Waals surface area contributed by atoms with Crippen LogP contribution in [0.3, 0.4) is 0 Å². The number of nitrogens with zero attached hydrogens (tertiary/aromatic N) is 3. The highest BCUT2D eigenvalue weighted by Gasteiger charge is 2.10. The molecule has 0 saturated heterocycles. The molecule has 2 heterocycles. The summed E-state index contributed by atoms with van der Waals surface area (Å²) in [7, 11) is 0. The number of amides is 1. The third-order valence-electron chi connectivity index (χ3n) is 2.26. The molecule has 0 spiro atoms. The van der Waals surface area contributed by atoms with Gasteiger partial charge in [0.1, 0.15) is 0 Å². The average Bonchev–Trinajstić information content (AvgIpc) is 2.91. The molecule has 18 heavy (non-hydrogen) atoms. The summed E-state index contributed by atoms with van der Waals surface area (Å²) < 4.78 is 4.58. The summed E-state index contributed by atoms with van der Waals surface area (Å²) in [5.74, 6) is 5.59. The van der Waals surface area contributed by atoms with Crippen molar-refractivity contribution in [2.45, 2.75) is 6.42 Å². The zero-order chi connectivity index (χ0) is 12.8. The quantitative estimate of drug-likeness (QED) is 0.492. The van der Waals surface area contributed by atoms with E-state index in [1.165, 1.54) is 18.8 Å². The fourth-order valence-electron chi connectivity index (χ4n) is 1.39. The largest absolute Gasteiger partial charge is 0.352 e. The first-order chi connectivity index (χ1) is 8.81. The number of hydrogen-bond acceptors (Lipinski definition) is 7. The topological polar surface area (TPSA) is 119 Å². The summed E-state index contributed by atoms with van der Waals surface area (Å²) >= 11 is 0. The van der Waals surface area contributed by atoms with Crippen LogP contribution in [-0.4, -0.2) is 27.6 Å². The van der Waals surface area contributed by atoms with E-state index in [-0.39, 0.29) is 5.91 Å². The van der Waals surface area contributed by atoms with E-state index in [0.717, 1.165) is 0 Å². The Morgan fingerprint density at radius 2 is 2.39 bits per heavy atom. The summed E-state index contributed by atoms with van der Waals surface area (Å²) in [5.41, 5.74) is 3.32. The van der Waals surface area contributed by atoms with Crippen molar-refractivity contribution in [3.63, 3.8) is 0 Å². The molecule has 0 radical (unpaired) electrons. The number of hydrogen-bond donors (Lipinski definition) is 3. The fraction of sp³-hybridized carbons (Fsp3) is 0.200. The van der Waals surface area contributed by atoms with Crippen molar-refractivity contribution in [2.75, 3.05) is 12.0 Å². The number of carbonyl (C=O) groups is 1. The predicted molar refractivity (Wildman–Crippen MR) is 62.4 cm³/mol. The number of nitrogen functional groups attached to an aromatic ring is 1. The maximum absolute atomic E-state index is 11.9. The smallest absolute Gasteiger partial charge is 0.253 e. The molecule has 1 amide bonds. The minimum absolute atomic E-state index is 0.242. The molecule has 0 bridgehead atoms. The summed E-state index contributed by atoms with van der Waals surface area (Å²) in [6, 6.07) is 1.58. The lowest BCUT2D eigenvalue weighted by Crippen LogP contribution is -2.27. The number of nitrogens with two attached hydrogens (primary N) is 1. The lowest BCUT2D eigenvalue weighted by molar-refractivity contribution is 0.0954. The Morgan fingerprint density at radius 1 is 1.50 bits per heavy atom. The number of hydrazine groups is 1. The van der Waals surface area contributed by atoms with Gasteiger partial charge in [-0.2, -0.15) is 4.98 Å². The normalized spacial score (nSPS) is 10.1. The van der Waals surface area contributed by atoms with Crippen molar-refractivity contribution >= 4 is 11.6 Å². The van der Waals surface area contributed by atoms with E-state index in [9.17, 15) is 4.79 Å². The first-order valence-corrected chi connectivity index (χ1v) is 5.25. The van der Waals surface area contributed by atoms with E-state index in [1.807, 2.05) is 0 Å². The van der Waals surface area contributed by atoms with Crippen molar-refractivity contribution in [1.29, 1.82) is 0 Å². The molecule has 0 aliphatic heterocycles. The van der Waals surface area contributed by atoms with E-state index < -0.39 is 0 Å². The number of aromatic nitrogens is 3. The third-order valence-corrected chi connectivity index (χ3v) is 2.26. The van der Waals surface area contributed by atoms with Crippen molar-refractivity contribution < 1.29 is 9.32 Å². The first kappa shape index (κ1) is 12.0. The lowest BCUT2D eigenvalue weighted by Gasteiger charge is -2.07. The van der Waals surface area contributed by atoms with Crippen LogP contribution in [0, 0.1) is 0 Å². The van der Waals surface area contributed by atoms with Crippen LogP contribution < -0.4 is 16.6 Å². The van der Waals surface area contributed by atoms with Gasteiger partial charge in [0.2, 0.25) is 6.39 Å². The molecule has 8 heteroatoms. The van der Waals surface area contributed by atoms with E-state index in [1.54, 1.807) is 6.07 Å². The standard InChI is InChI=1S/C10H12N6O2/c11-15-8-5-12-3-1-7(8)10(17)13-4-2-9-14-6-18-16-9/h1,3,5-6,15H,2,4,11H2,(H,13,17). The van der Waals surface area contributed by atoms with Gasteiger partial charge in [-0.05, 0) is 6.07 Å². The number of nitrogens with one attached hydrogen (secondary N) is 2. The van der Waals surface area contributed by atoms with Gasteiger partial charge in [0.05, 0.1) is 17.4 Å². The minimum atomic E-state index is -0.242. The van der Waals surface area contributed by atoms with Gasteiger partial charge in [-0.15, -0.1) is 0 Å². The fourth-order valence-corrected chi connectivity index (χ4v) is 1.39. The van der Waals surface area contributed by atoms with Gasteiger partial charge in [-0.3, -0.25) is 15.6 Å². The van der Waals surface area contributed by atoms with Gasteiger partial charge in [0, 0.05) is 19.2 Å². The maximum atomic E-state index is 11.9. The molecule has 0 atom stereocenters. The number of rotatable bonds is 5. The molecule has 2 rings (SSSR count). The monoisotopic (exact) mass is 248 g/mol. The Morgan fingerprint density at radius 3 is 3.11 bits per heavy atom. The number of carbonyl (C=O) groups excluding carboxylic acids is 1. The third kappa shape index (κ3) is 2.80. The lowest BCUT2D eigenvalue weighted by atomic mass is 10.2. The van der Waals surface area contributed by atoms with Gasteiger partial charge in [-0.1, -0.05) is 5.16 Å². The summed E-state index contributed by atoms with van der Waals surface area (Å²) in [6.07, 6.45) is 4.75. The Labute approximate surface area is 103 Å². The number of pyridine rings is 1. The summed E-state index contributed by atoms with van der Waals surface area (Å²) in [5, 5.41) is 6.37. The van der Waals surface area contributed by atoms with E-state index >= 15 is 0 Å². The molecule has 0 aliphatic rings. The zero-order valence-electron chi connectivity index (χ0n) is 9.46. The van der Waals surface area contributed by atoms with Crippen LogP contribution in [0.2, 0.25) is 0 Å². The molecule has 0 fully saturated rings. The second kappa shape index (κ2) is 5.73. The molecule has 8 nitrogen and oxygen atoms in total. The minimum Gasteiger partial charge on any atom is -0.352 e. The van der Waals surface area contributed by atoms with Gasteiger partial charge < -0.3 is 15.3 Å². The summed E-state index contributed by atoms with van der Waals surface area (Å²) in [6.45, 7) is 0.407. The van der Waals surface area contributed by atoms with Gasteiger partial charge in [-0.25, -0.2) is 0 Å². The molecule has 0 aromatic carbocycles. The highest BCUT2D eigenvalue weighted by molar-refractivity contribution is 5.99. The van der Waals surface area contributed by atoms with E-state index in [4.69, 9.17) is 5.84 Å². The van der Waals surface area contributed by atoms with E-state index in [2.05, 4.69) is 30.4 Å². The summed E-state index contributed by atoms with van der Waals surface area (Å²) in [4.78, 5) is 19.6. The average molecular weight is 248 g/mol. The molecular weight excluding hydrogens is 236 g/mol. The SMILES string of the molecule is NNc1cnccc1C(=O)NCCc1ncon1. The van der Waals surface area contributed by atoms with Crippen LogP contribution in [0.25, 0.3) is 0 Å². The van der Waals surface area contributed by atoms with Crippen molar-refractivity contribution in [3.8, 4) is 0 Å². The zero-order valence-corrected chi connectivity index (χ0v) is 9.46. The molecule has 4 N–H and O–H groups in total. The molecule has 0 aliphatic carbocycles. The van der Waals surface area contributed by atoms with Crippen molar-refractivity contribution in [2.24, 2.45) is 5.84 Å². The van der Waals surface area contributed by atoms with Crippen molar-refractivity contribution in [1.82, 2.24) is 20.4 Å². The van der Waals surface area contributed by atoms with E-state index in [0.29, 0.717) is 30.0 Å². The maximum Gasteiger partial charge on any atom is 0.253 e. The van der Waals surface area contributed by atoms with Gasteiger partial charge in [0.25, 0.3) is 5.91 Å². The molecule has 0 saturated carbocycles. The van der Waals surface area contributed by atoms with Crippen molar-refractivity contribution in [3.05, 3.63) is 36.2 Å². The molecule has 2 aromatic heterocycles. The van der Waals surface area contributed by atoms with Crippen LogP contribution in [0.15, 0.2) is 29.4 Å². The highest BCUT2D eigenvalue weighted by Crippen LogP contribution is 2.11. The second-order valence-corrected chi connectivity index (χ2v) is 3.42. The van der Waals surface area contributed by atoms with Crippen LogP contribution in [0.5, 0.6) is 0 Å². The molecule has 94 valence electrons. The Hall–Kier alpha value is -2.48. The van der Waals surface area contributed by atoms with Crippen LogP contribution >= 0.6 is 0 Å². The predicted octanol–water partition coefficient (Wildman–Crippen LogP) is -0.277. The number of anilines is 1. The first-order valence-electron chi connectivity index (χ1n) is 5.25.